The van der Waals surface area contributed by atoms with Crippen molar-refractivity contribution >= 4 is 35.0 Å². The number of hydrazine groups is 1. The van der Waals surface area contributed by atoms with Gasteiger partial charge >= 0.3 is 5.97 Å². The Kier molecular flexibility index (Phi) is 4.66. The van der Waals surface area contributed by atoms with Crippen molar-refractivity contribution < 1.29 is 19.4 Å². The van der Waals surface area contributed by atoms with E-state index in [9.17, 15) is 9.59 Å². The highest BCUT2D eigenvalue weighted by Crippen LogP contribution is 2.21. The lowest BCUT2D eigenvalue weighted by atomic mass is 10.0. The van der Waals surface area contributed by atoms with Crippen LogP contribution in [0.5, 0.6) is 0 Å². The molecular formula is C18H17N2O3S+. The topological polar surface area (TPSA) is 69.4 Å². The predicted molar refractivity (Wildman–Crippen MR) is 93.0 cm³/mol. The summed E-state index contributed by atoms with van der Waals surface area (Å²) in [6, 6.07) is 14.6. The van der Waals surface area contributed by atoms with Gasteiger partial charge in [-0.3, -0.25) is 4.79 Å². The van der Waals surface area contributed by atoms with Gasteiger partial charge in [-0.05, 0) is 42.7 Å². The minimum absolute atomic E-state index is 0.0539. The molecule has 0 bridgehead atoms. The van der Waals surface area contributed by atoms with Gasteiger partial charge in [-0.2, -0.15) is 0 Å². The fourth-order valence-corrected chi connectivity index (χ4v) is 3.03. The number of hydrogen-bond donors (Lipinski definition) is 2. The van der Waals surface area contributed by atoms with Crippen LogP contribution in [-0.4, -0.2) is 33.6 Å². The molecule has 0 radical (unpaired) electrons. The SMILES string of the molecule is CSc1ccc(C2=[N+](c3ccc(C(=O)O)cc3)NC(=O)CC2)cc1. The first kappa shape index (κ1) is 16.3. The summed E-state index contributed by atoms with van der Waals surface area (Å²) in [7, 11) is 0. The summed E-state index contributed by atoms with van der Waals surface area (Å²) in [4.78, 5) is 24.0. The van der Waals surface area contributed by atoms with Crippen LogP contribution in [0.25, 0.3) is 0 Å². The maximum Gasteiger partial charge on any atom is 0.335 e. The third-order valence-corrected chi connectivity index (χ3v) is 4.63. The molecule has 6 heteroatoms. The molecule has 2 aromatic rings. The Labute approximate surface area is 144 Å². The number of carboxylic acid groups (broad SMARTS) is 1. The number of carbonyl (C=O) groups excluding carboxylic acids is 1. The summed E-state index contributed by atoms with van der Waals surface area (Å²) in [6.45, 7) is 0. The van der Waals surface area contributed by atoms with Crippen LogP contribution in [0, 0.1) is 0 Å². The zero-order chi connectivity index (χ0) is 17.1. The van der Waals surface area contributed by atoms with Gasteiger partial charge in [0, 0.05) is 35.4 Å². The van der Waals surface area contributed by atoms with Gasteiger partial charge in [-0.1, -0.05) is 4.68 Å². The highest BCUT2D eigenvalue weighted by atomic mass is 32.2. The van der Waals surface area contributed by atoms with E-state index in [-0.39, 0.29) is 11.5 Å². The van der Waals surface area contributed by atoms with Crippen LogP contribution in [-0.2, 0) is 4.79 Å². The molecule has 2 aromatic carbocycles. The maximum absolute atomic E-state index is 11.8. The second-order valence-electron chi connectivity index (χ2n) is 5.40. The molecular weight excluding hydrogens is 324 g/mol. The van der Waals surface area contributed by atoms with E-state index in [0.29, 0.717) is 12.8 Å². The van der Waals surface area contributed by atoms with Gasteiger partial charge in [-0.25, -0.2) is 4.79 Å². The molecule has 122 valence electrons. The number of carboxylic acids is 1. The van der Waals surface area contributed by atoms with Crippen molar-refractivity contribution in [3.8, 4) is 0 Å². The highest BCUT2D eigenvalue weighted by Gasteiger charge is 2.28. The smallest absolute Gasteiger partial charge is 0.335 e. The third-order valence-electron chi connectivity index (χ3n) is 3.89. The summed E-state index contributed by atoms with van der Waals surface area (Å²) >= 11 is 1.68. The van der Waals surface area contributed by atoms with Gasteiger partial charge in [0.15, 0.2) is 0 Å². The lowest BCUT2D eigenvalue weighted by Gasteiger charge is -2.14. The number of aromatic carboxylic acids is 1. The number of nitrogens with one attached hydrogen (secondary N) is 1. The van der Waals surface area contributed by atoms with Gasteiger partial charge in [0.1, 0.15) is 0 Å². The van der Waals surface area contributed by atoms with Crippen LogP contribution < -0.4 is 5.43 Å². The number of amides is 1. The van der Waals surface area contributed by atoms with Crippen molar-refractivity contribution in [3.63, 3.8) is 0 Å². The Morgan fingerprint density at radius 1 is 1.08 bits per heavy atom. The second kappa shape index (κ2) is 6.88. The summed E-state index contributed by atoms with van der Waals surface area (Å²) in [6.07, 6.45) is 3.09. The molecule has 0 aromatic heterocycles. The zero-order valence-electron chi connectivity index (χ0n) is 13.2. The van der Waals surface area contributed by atoms with Gasteiger partial charge < -0.3 is 5.11 Å². The molecule has 0 atom stereocenters. The van der Waals surface area contributed by atoms with Crippen molar-refractivity contribution in [2.24, 2.45) is 0 Å². The monoisotopic (exact) mass is 341 g/mol. The van der Waals surface area contributed by atoms with E-state index in [0.717, 1.165) is 17.0 Å². The Bertz CT molecular complexity index is 811. The molecule has 1 amide bonds. The van der Waals surface area contributed by atoms with Crippen LogP contribution in [0.2, 0.25) is 0 Å². The predicted octanol–water partition coefficient (Wildman–Crippen LogP) is 3.07. The number of benzene rings is 2. The molecule has 0 saturated heterocycles. The Morgan fingerprint density at radius 2 is 1.75 bits per heavy atom. The molecule has 24 heavy (non-hydrogen) atoms. The van der Waals surface area contributed by atoms with Gasteiger partial charge in [0.2, 0.25) is 11.4 Å². The average molecular weight is 341 g/mol. The van der Waals surface area contributed by atoms with E-state index in [2.05, 4.69) is 17.6 Å². The van der Waals surface area contributed by atoms with Crippen molar-refractivity contribution in [1.29, 1.82) is 0 Å². The van der Waals surface area contributed by atoms with E-state index in [1.165, 1.54) is 17.0 Å². The largest absolute Gasteiger partial charge is 0.478 e. The minimum Gasteiger partial charge on any atom is -0.478 e. The van der Waals surface area contributed by atoms with Crippen molar-refractivity contribution in [1.82, 2.24) is 5.43 Å². The van der Waals surface area contributed by atoms with Crippen LogP contribution in [0.1, 0.15) is 28.8 Å². The van der Waals surface area contributed by atoms with Crippen molar-refractivity contribution in [3.05, 3.63) is 59.7 Å². The number of thioether (sulfide) groups is 1. The van der Waals surface area contributed by atoms with Crippen molar-refractivity contribution in [2.75, 3.05) is 6.26 Å². The molecule has 1 aliphatic rings. The fourth-order valence-electron chi connectivity index (χ4n) is 2.62. The van der Waals surface area contributed by atoms with Crippen molar-refractivity contribution in [2.45, 2.75) is 17.7 Å². The maximum atomic E-state index is 11.8. The molecule has 0 aliphatic carbocycles. The van der Waals surface area contributed by atoms with Crippen LogP contribution in [0.15, 0.2) is 53.4 Å². The van der Waals surface area contributed by atoms with E-state index in [1.54, 1.807) is 28.6 Å². The third kappa shape index (κ3) is 3.33. The van der Waals surface area contributed by atoms with E-state index >= 15 is 0 Å². The molecule has 3 rings (SSSR count). The molecule has 1 heterocycles. The zero-order valence-corrected chi connectivity index (χ0v) is 14.0. The number of nitrogens with zero attached hydrogens (tertiary/aromatic N) is 1. The number of rotatable bonds is 4. The Balaban J connectivity index is 2.05. The Hall–Kier alpha value is -2.60. The quantitative estimate of drug-likeness (QED) is 0.662. The fraction of sp³-hybridized carbons (Fsp3) is 0.167. The normalized spacial score (nSPS) is 14.5. The lowest BCUT2D eigenvalue weighted by molar-refractivity contribution is -0.496. The van der Waals surface area contributed by atoms with E-state index < -0.39 is 5.97 Å². The number of hydrazone groups is 1. The molecule has 0 unspecified atom stereocenters. The van der Waals surface area contributed by atoms with Crippen LogP contribution in [0.4, 0.5) is 5.69 Å². The first-order chi connectivity index (χ1) is 11.6. The van der Waals surface area contributed by atoms with Gasteiger partial charge in [0.25, 0.3) is 5.91 Å². The molecule has 5 nitrogen and oxygen atoms in total. The second-order valence-corrected chi connectivity index (χ2v) is 6.28. The summed E-state index contributed by atoms with van der Waals surface area (Å²) in [5.41, 5.74) is 5.84. The molecule has 0 spiro atoms. The number of hydrogen-bond acceptors (Lipinski definition) is 3. The molecule has 1 aliphatic heterocycles. The molecule has 0 fully saturated rings. The highest BCUT2D eigenvalue weighted by molar-refractivity contribution is 7.98. The molecule has 0 saturated carbocycles. The van der Waals surface area contributed by atoms with E-state index in [1.807, 2.05) is 18.4 Å². The Morgan fingerprint density at radius 3 is 2.33 bits per heavy atom. The van der Waals surface area contributed by atoms with Crippen LogP contribution >= 0.6 is 11.8 Å². The summed E-state index contributed by atoms with van der Waals surface area (Å²) in [5, 5.41) is 9.02. The van der Waals surface area contributed by atoms with Crippen LogP contribution in [0.3, 0.4) is 0 Å². The first-order valence-electron chi connectivity index (χ1n) is 7.51. The summed E-state index contributed by atoms with van der Waals surface area (Å²) in [5.74, 6) is -1.03. The van der Waals surface area contributed by atoms with E-state index in [4.69, 9.17) is 5.11 Å². The lowest BCUT2D eigenvalue weighted by Crippen LogP contribution is -2.40. The van der Waals surface area contributed by atoms with Gasteiger partial charge in [0.05, 0.1) is 5.56 Å². The number of carbonyl (C=O) groups is 2. The minimum atomic E-state index is -0.971. The first-order valence-corrected chi connectivity index (χ1v) is 8.74. The molecule has 2 N–H and O–H groups in total. The average Bonchev–Trinajstić information content (AvgIpc) is 2.62. The van der Waals surface area contributed by atoms with Gasteiger partial charge in [-0.15, -0.1) is 17.2 Å². The standard InChI is InChI=1S/C18H16N2O3S/c1-24-15-8-4-12(5-9-15)16-10-11-17(21)19-20(16)14-6-2-13(3-7-14)18(22)23/h2-9H,10-11H2,1H3,(H-,19,21,22,23)/p+1. The summed E-state index contributed by atoms with van der Waals surface area (Å²) < 4.78 is 1.74.